The molecule has 29 heavy (non-hydrogen) atoms. The molecular formula is C20H20F3NO5. The third-order valence-electron chi connectivity index (χ3n) is 3.78. The zero-order valence-corrected chi connectivity index (χ0v) is 15.6. The van der Waals surface area contributed by atoms with Crippen molar-refractivity contribution in [1.29, 1.82) is 0 Å². The van der Waals surface area contributed by atoms with Gasteiger partial charge in [-0.1, -0.05) is 18.2 Å². The van der Waals surface area contributed by atoms with Crippen LogP contribution >= 0.6 is 0 Å². The van der Waals surface area contributed by atoms with Gasteiger partial charge in [-0.25, -0.2) is 4.79 Å². The first-order chi connectivity index (χ1) is 13.8. The molecule has 0 aliphatic rings. The Kier molecular flexibility index (Phi) is 7.88. The summed E-state index contributed by atoms with van der Waals surface area (Å²) in [5.74, 6) is -0.753. The lowest BCUT2D eigenvalue weighted by Crippen LogP contribution is -2.31. The van der Waals surface area contributed by atoms with E-state index in [9.17, 15) is 22.8 Å². The molecule has 0 aliphatic carbocycles. The van der Waals surface area contributed by atoms with E-state index in [1.54, 1.807) is 7.11 Å². The molecule has 0 saturated carbocycles. The van der Waals surface area contributed by atoms with Gasteiger partial charge < -0.3 is 19.5 Å². The maximum Gasteiger partial charge on any atom is 0.416 e. The SMILES string of the molecule is COc1ccc(CCNC(=O)COC(=O)COc2cccc(C(F)(F)F)c2)cc1. The first-order valence-electron chi connectivity index (χ1n) is 8.63. The first-order valence-corrected chi connectivity index (χ1v) is 8.63. The Morgan fingerprint density at radius 2 is 1.72 bits per heavy atom. The van der Waals surface area contributed by atoms with Crippen LogP contribution in [0.1, 0.15) is 11.1 Å². The summed E-state index contributed by atoms with van der Waals surface area (Å²) >= 11 is 0. The lowest BCUT2D eigenvalue weighted by atomic mass is 10.1. The Morgan fingerprint density at radius 1 is 1.00 bits per heavy atom. The second-order valence-corrected chi connectivity index (χ2v) is 5.92. The molecule has 0 saturated heterocycles. The van der Waals surface area contributed by atoms with Crippen LogP contribution in [0.25, 0.3) is 0 Å². The van der Waals surface area contributed by atoms with E-state index >= 15 is 0 Å². The van der Waals surface area contributed by atoms with Gasteiger partial charge in [0, 0.05) is 6.54 Å². The molecule has 0 unspecified atom stereocenters. The van der Waals surface area contributed by atoms with E-state index in [1.807, 2.05) is 24.3 Å². The highest BCUT2D eigenvalue weighted by atomic mass is 19.4. The number of amides is 1. The number of benzene rings is 2. The first kappa shape index (κ1) is 22.1. The monoisotopic (exact) mass is 411 g/mol. The van der Waals surface area contributed by atoms with Crippen LogP contribution in [0.3, 0.4) is 0 Å². The summed E-state index contributed by atoms with van der Waals surface area (Å²) in [6.07, 6.45) is -3.92. The summed E-state index contributed by atoms with van der Waals surface area (Å²) in [6.45, 7) is -0.767. The van der Waals surface area contributed by atoms with Gasteiger partial charge in [0.05, 0.1) is 12.7 Å². The van der Waals surface area contributed by atoms with E-state index in [0.717, 1.165) is 23.4 Å². The van der Waals surface area contributed by atoms with Crippen LogP contribution in [0.5, 0.6) is 11.5 Å². The molecule has 0 aliphatic heterocycles. The van der Waals surface area contributed by atoms with E-state index in [2.05, 4.69) is 5.32 Å². The second kappa shape index (κ2) is 10.4. The zero-order valence-electron chi connectivity index (χ0n) is 15.6. The predicted octanol–water partition coefficient (Wildman–Crippen LogP) is 2.99. The number of carbonyl (C=O) groups is 2. The van der Waals surface area contributed by atoms with Crippen molar-refractivity contribution in [2.45, 2.75) is 12.6 Å². The Labute approximate surface area is 165 Å². The minimum absolute atomic E-state index is 0.124. The lowest BCUT2D eigenvalue weighted by molar-refractivity contribution is -0.150. The van der Waals surface area contributed by atoms with Gasteiger partial charge in [0.2, 0.25) is 0 Å². The quantitative estimate of drug-likeness (QED) is 0.643. The standard InChI is InChI=1S/C20H20F3NO5/c1-27-16-7-5-14(6-8-16)9-10-24-18(25)12-29-19(26)13-28-17-4-2-3-15(11-17)20(21,22)23/h2-8,11H,9-10,12-13H2,1H3,(H,24,25). The number of esters is 1. The minimum atomic E-state index is -4.51. The minimum Gasteiger partial charge on any atom is -0.497 e. The molecule has 2 aromatic rings. The smallest absolute Gasteiger partial charge is 0.416 e. The molecule has 1 amide bonds. The van der Waals surface area contributed by atoms with Crippen LogP contribution in [0.2, 0.25) is 0 Å². The number of halogens is 3. The number of carbonyl (C=O) groups excluding carboxylic acids is 2. The van der Waals surface area contributed by atoms with Crippen molar-refractivity contribution in [1.82, 2.24) is 5.32 Å². The normalized spacial score (nSPS) is 10.9. The Morgan fingerprint density at radius 3 is 2.38 bits per heavy atom. The molecule has 0 atom stereocenters. The van der Waals surface area contributed by atoms with E-state index in [4.69, 9.17) is 14.2 Å². The third-order valence-corrected chi connectivity index (χ3v) is 3.78. The molecular weight excluding hydrogens is 391 g/mol. The fourth-order valence-electron chi connectivity index (χ4n) is 2.28. The van der Waals surface area contributed by atoms with Crippen molar-refractivity contribution in [2.24, 2.45) is 0 Å². The van der Waals surface area contributed by atoms with E-state index in [1.165, 1.54) is 12.1 Å². The summed E-state index contributed by atoms with van der Waals surface area (Å²) in [5, 5.41) is 2.60. The van der Waals surface area contributed by atoms with Crippen molar-refractivity contribution >= 4 is 11.9 Å². The summed E-state index contributed by atoms with van der Waals surface area (Å²) in [4.78, 5) is 23.3. The van der Waals surface area contributed by atoms with Gasteiger partial charge in [-0.2, -0.15) is 13.2 Å². The molecule has 0 fully saturated rings. The topological polar surface area (TPSA) is 73.9 Å². The summed E-state index contributed by atoms with van der Waals surface area (Å²) in [5.41, 5.74) is 0.109. The molecule has 0 heterocycles. The van der Waals surface area contributed by atoms with Gasteiger partial charge in [-0.3, -0.25) is 4.79 Å². The molecule has 9 heteroatoms. The maximum atomic E-state index is 12.6. The Hall–Kier alpha value is -3.23. The Bertz CT molecular complexity index is 822. The zero-order chi connectivity index (χ0) is 21.3. The van der Waals surface area contributed by atoms with E-state index in [0.29, 0.717) is 13.0 Å². The van der Waals surface area contributed by atoms with Gasteiger partial charge in [-0.15, -0.1) is 0 Å². The van der Waals surface area contributed by atoms with Crippen LogP contribution in [0.15, 0.2) is 48.5 Å². The Balaban J connectivity index is 1.66. The number of methoxy groups -OCH3 is 1. The molecule has 2 aromatic carbocycles. The summed E-state index contributed by atoms with van der Waals surface area (Å²) < 4.78 is 52.6. The maximum absolute atomic E-state index is 12.6. The highest BCUT2D eigenvalue weighted by molar-refractivity contribution is 5.80. The van der Waals surface area contributed by atoms with Crippen LogP contribution < -0.4 is 14.8 Å². The van der Waals surface area contributed by atoms with Crippen molar-refractivity contribution in [3.8, 4) is 11.5 Å². The van der Waals surface area contributed by atoms with Crippen LogP contribution in [0.4, 0.5) is 13.2 Å². The average molecular weight is 411 g/mol. The highest BCUT2D eigenvalue weighted by Gasteiger charge is 2.30. The molecule has 1 N–H and O–H groups in total. The van der Waals surface area contributed by atoms with Crippen LogP contribution in [0, 0.1) is 0 Å². The van der Waals surface area contributed by atoms with Crippen LogP contribution in [-0.2, 0) is 26.9 Å². The lowest BCUT2D eigenvalue weighted by Gasteiger charge is -2.10. The van der Waals surface area contributed by atoms with Crippen molar-refractivity contribution < 1.29 is 37.0 Å². The average Bonchev–Trinajstić information content (AvgIpc) is 2.71. The van der Waals surface area contributed by atoms with Gasteiger partial charge in [-0.05, 0) is 42.3 Å². The second-order valence-electron chi connectivity index (χ2n) is 5.92. The van der Waals surface area contributed by atoms with Crippen LogP contribution in [-0.4, -0.2) is 38.7 Å². The number of rotatable bonds is 9. The predicted molar refractivity (Wildman–Crippen MR) is 97.6 cm³/mol. The number of nitrogens with one attached hydrogen (secondary N) is 1. The van der Waals surface area contributed by atoms with Gasteiger partial charge in [0.15, 0.2) is 13.2 Å². The molecule has 2 rings (SSSR count). The van der Waals surface area contributed by atoms with E-state index < -0.39 is 36.8 Å². The molecule has 0 aromatic heterocycles. The fraction of sp³-hybridized carbons (Fsp3) is 0.300. The third kappa shape index (κ3) is 7.73. The molecule has 0 radical (unpaired) electrons. The molecule has 6 nitrogen and oxygen atoms in total. The van der Waals surface area contributed by atoms with Crippen molar-refractivity contribution in [2.75, 3.05) is 26.9 Å². The summed E-state index contributed by atoms with van der Waals surface area (Å²) in [7, 11) is 1.57. The number of hydrogen-bond donors (Lipinski definition) is 1. The van der Waals surface area contributed by atoms with Crippen molar-refractivity contribution in [3.63, 3.8) is 0 Å². The largest absolute Gasteiger partial charge is 0.497 e. The van der Waals surface area contributed by atoms with Gasteiger partial charge in [0.1, 0.15) is 11.5 Å². The molecule has 0 spiro atoms. The number of ether oxygens (including phenoxy) is 3. The number of hydrogen-bond acceptors (Lipinski definition) is 5. The molecule has 0 bridgehead atoms. The highest BCUT2D eigenvalue weighted by Crippen LogP contribution is 2.31. The summed E-state index contributed by atoms with van der Waals surface area (Å²) in [6, 6.07) is 11.5. The van der Waals surface area contributed by atoms with Gasteiger partial charge in [0.25, 0.3) is 5.91 Å². The van der Waals surface area contributed by atoms with Gasteiger partial charge >= 0.3 is 12.1 Å². The number of alkyl halides is 3. The van der Waals surface area contributed by atoms with Crippen molar-refractivity contribution in [3.05, 3.63) is 59.7 Å². The fourth-order valence-corrected chi connectivity index (χ4v) is 2.28. The van der Waals surface area contributed by atoms with E-state index in [-0.39, 0.29) is 5.75 Å². The molecule has 156 valence electrons.